The number of halogens is 2. The van der Waals surface area contributed by atoms with Crippen molar-refractivity contribution in [3.05, 3.63) is 55.2 Å². The highest BCUT2D eigenvalue weighted by atomic mass is 35.5. The van der Waals surface area contributed by atoms with Gasteiger partial charge in [-0.05, 0) is 30.5 Å². The molecule has 0 spiro atoms. The van der Waals surface area contributed by atoms with Crippen molar-refractivity contribution in [2.45, 2.75) is 39.3 Å². The Morgan fingerprint density at radius 3 is 2.67 bits per heavy atom. The number of fused-ring (bicyclic) bond motifs is 2. The summed E-state index contributed by atoms with van der Waals surface area (Å²) in [5, 5.41) is 0.831. The second kappa shape index (κ2) is 5.45. The first-order chi connectivity index (χ1) is 11.5. The van der Waals surface area contributed by atoms with E-state index in [1.165, 1.54) is 12.1 Å². The van der Waals surface area contributed by atoms with Gasteiger partial charge in [-0.15, -0.1) is 0 Å². The summed E-state index contributed by atoms with van der Waals surface area (Å²) < 4.78 is 17.4. The normalized spacial score (nSPS) is 13.3. The van der Waals surface area contributed by atoms with E-state index in [2.05, 4.69) is 6.92 Å². The highest BCUT2D eigenvalue weighted by molar-refractivity contribution is 6.31. The summed E-state index contributed by atoms with van der Waals surface area (Å²) >= 11 is 5.91. The van der Waals surface area contributed by atoms with E-state index in [4.69, 9.17) is 11.6 Å². The fraction of sp³-hybridized carbons (Fsp3) is 0.333. The van der Waals surface area contributed by atoms with Crippen molar-refractivity contribution in [3.8, 4) is 0 Å². The van der Waals surface area contributed by atoms with Crippen LogP contribution in [0, 0.1) is 5.82 Å². The van der Waals surface area contributed by atoms with Gasteiger partial charge in [0.1, 0.15) is 11.5 Å². The number of benzene rings is 1. The van der Waals surface area contributed by atoms with Crippen LogP contribution in [0.4, 0.5) is 4.39 Å². The van der Waals surface area contributed by atoms with Crippen molar-refractivity contribution >= 4 is 33.5 Å². The molecule has 0 N–H and O–H groups in total. The fourth-order valence-electron chi connectivity index (χ4n) is 3.61. The van der Waals surface area contributed by atoms with Crippen LogP contribution in [0.1, 0.15) is 25.3 Å². The first-order valence-corrected chi connectivity index (χ1v) is 8.48. The molecule has 0 unspecified atom stereocenters. The van der Waals surface area contributed by atoms with Gasteiger partial charge in [0.05, 0.1) is 15.9 Å². The summed E-state index contributed by atoms with van der Waals surface area (Å²) in [4.78, 5) is 25.5. The molecule has 0 bridgehead atoms. The number of pyridine rings is 2. The van der Waals surface area contributed by atoms with Crippen LogP contribution in [0.3, 0.4) is 0 Å². The highest BCUT2D eigenvalue weighted by Crippen LogP contribution is 2.28. The number of hydrogen-bond acceptors (Lipinski definition) is 2. The molecule has 1 aliphatic heterocycles. The van der Waals surface area contributed by atoms with E-state index in [1.807, 2.05) is 4.57 Å². The molecule has 4 rings (SSSR count). The lowest BCUT2D eigenvalue weighted by Gasteiger charge is -2.13. The minimum Gasteiger partial charge on any atom is -0.325 e. The molecule has 0 amide bonds. The average Bonchev–Trinajstić information content (AvgIpc) is 2.99. The number of rotatable bonds is 3. The summed E-state index contributed by atoms with van der Waals surface area (Å²) in [7, 11) is 0. The van der Waals surface area contributed by atoms with Crippen LogP contribution in [0.25, 0.3) is 21.9 Å². The highest BCUT2D eigenvalue weighted by Gasteiger charge is 2.23. The quantitative estimate of drug-likeness (QED) is 0.682. The Morgan fingerprint density at radius 1 is 1.17 bits per heavy atom. The molecule has 0 atom stereocenters. The van der Waals surface area contributed by atoms with Crippen LogP contribution in [-0.2, 0) is 19.5 Å². The molecular formula is C18H16ClFN2O2. The molecule has 6 heteroatoms. The topological polar surface area (TPSA) is 44.0 Å². The van der Waals surface area contributed by atoms with Crippen LogP contribution in [0.2, 0.25) is 5.02 Å². The predicted octanol–water partition coefficient (Wildman–Crippen LogP) is 3.47. The molecule has 0 fully saturated rings. The second-order valence-corrected chi connectivity index (χ2v) is 6.63. The van der Waals surface area contributed by atoms with E-state index in [0.29, 0.717) is 41.4 Å². The number of aromatic nitrogens is 2. The van der Waals surface area contributed by atoms with E-state index >= 15 is 0 Å². The SMILES string of the molecule is CCCCc1cc(=O)n2c3c1c(=O)c1cc(F)c(Cl)cc1n3CC2. The van der Waals surface area contributed by atoms with Gasteiger partial charge in [0.25, 0.3) is 5.56 Å². The number of hydrogen-bond donors (Lipinski definition) is 0. The van der Waals surface area contributed by atoms with Gasteiger partial charge in [0.15, 0.2) is 5.43 Å². The summed E-state index contributed by atoms with van der Waals surface area (Å²) in [6, 6.07) is 4.25. The monoisotopic (exact) mass is 346 g/mol. The first-order valence-electron chi connectivity index (χ1n) is 8.11. The van der Waals surface area contributed by atoms with Gasteiger partial charge in [-0.25, -0.2) is 4.39 Å². The molecule has 3 aromatic rings. The van der Waals surface area contributed by atoms with Gasteiger partial charge < -0.3 is 4.57 Å². The van der Waals surface area contributed by atoms with Crippen LogP contribution >= 0.6 is 11.6 Å². The Bertz CT molecular complexity index is 1110. The van der Waals surface area contributed by atoms with Crippen LogP contribution in [0.5, 0.6) is 0 Å². The Balaban J connectivity index is 2.23. The lowest BCUT2D eigenvalue weighted by Crippen LogP contribution is -2.21. The third kappa shape index (κ3) is 2.04. The van der Waals surface area contributed by atoms with Gasteiger partial charge >= 0.3 is 0 Å². The zero-order valence-electron chi connectivity index (χ0n) is 13.2. The molecule has 0 saturated heterocycles. The Kier molecular flexibility index (Phi) is 3.49. The van der Waals surface area contributed by atoms with Gasteiger partial charge in [-0.3, -0.25) is 14.2 Å². The molecule has 24 heavy (non-hydrogen) atoms. The molecule has 4 nitrogen and oxygen atoms in total. The maximum absolute atomic E-state index is 13.9. The van der Waals surface area contributed by atoms with E-state index in [1.54, 1.807) is 10.6 Å². The van der Waals surface area contributed by atoms with Crippen molar-refractivity contribution in [2.24, 2.45) is 0 Å². The van der Waals surface area contributed by atoms with Crippen molar-refractivity contribution in [1.82, 2.24) is 9.13 Å². The lowest BCUT2D eigenvalue weighted by atomic mass is 10.0. The second-order valence-electron chi connectivity index (χ2n) is 6.23. The van der Waals surface area contributed by atoms with Gasteiger partial charge in [0.2, 0.25) is 0 Å². The van der Waals surface area contributed by atoms with E-state index < -0.39 is 5.82 Å². The number of nitrogens with zero attached hydrogens (tertiary/aromatic N) is 2. The summed E-state index contributed by atoms with van der Waals surface area (Å²) in [5.41, 5.74) is 1.65. The Hall–Kier alpha value is -2.14. The van der Waals surface area contributed by atoms with Crippen LogP contribution in [0.15, 0.2) is 27.8 Å². The molecule has 1 aromatic carbocycles. The third-order valence-corrected chi connectivity index (χ3v) is 5.06. The van der Waals surface area contributed by atoms with Crippen molar-refractivity contribution in [1.29, 1.82) is 0 Å². The van der Waals surface area contributed by atoms with Crippen LogP contribution < -0.4 is 11.0 Å². The van der Waals surface area contributed by atoms with Gasteiger partial charge in [-0.2, -0.15) is 0 Å². The standard InChI is InChI=1S/C18H16ClFN2O2/c1-2-3-4-10-7-15(23)22-6-5-21-14-9-12(19)13(20)8-11(14)17(24)16(10)18(21)22/h7-9H,2-6H2,1H3. The molecule has 0 saturated carbocycles. The largest absolute Gasteiger partial charge is 0.325 e. The molecule has 124 valence electrons. The van der Waals surface area contributed by atoms with E-state index in [-0.39, 0.29) is 16.0 Å². The summed E-state index contributed by atoms with van der Waals surface area (Å²) in [5.74, 6) is -0.602. The van der Waals surface area contributed by atoms with Gasteiger partial charge in [0, 0.05) is 24.5 Å². The van der Waals surface area contributed by atoms with Crippen LogP contribution in [-0.4, -0.2) is 9.13 Å². The Labute approximate surface area is 142 Å². The molecule has 0 aliphatic carbocycles. The maximum Gasteiger partial charge on any atom is 0.252 e. The van der Waals surface area contributed by atoms with E-state index in [9.17, 15) is 14.0 Å². The minimum absolute atomic E-state index is 0.0204. The van der Waals surface area contributed by atoms with Gasteiger partial charge in [-0.1, -0.05) is 24.9 Å². The number of unbranched alkanes of at least 4 members (excludes halogenated alkanes) is 1. The first kappa shape index (κ1) is 15.4. The molecule has 2 aromatic heterocycles. The van der Waals surface area contributed by atoms with Crippen molar-refractivity contribution < 1.29 is 4.39 Å². The molecule has 0 radical (unpaired) electrons. The Morgan fingerprint density at radius 2 is 1.92 bits per heavy atom. The minimum atomic E-state index is -0.602. The summed E-state index contributed by atoms with van der Waals surface area (Å²) in [6.45, 7) is 3.14. The third-order valence-electron chi connectivity index (χ3n) is 4.77. The zero-order valence-corrected chi connectivity index (χ0v) is 14.0. The zero-order chi connectivity index (χ0) is 17.0. The van der Waals surface area contributed by atoms with Crippen molar-refractivity contribution in [2.75, 3.05) is 0 Å². The smallest absolute Gasteiger partial charge is 0.252 e. The lowest BCUT2D eigenvalue weighted by molar-refractivity contribution is 0.629. The van der Waals surface area contributed by atoms with E-state index in [0.717, 1.165) is 18.4 Å². The fourth-order valence-corrected chi connectivity index (χ4v) is 3.77. The molecule has 3 heterocycles. The average molecular weight is 347 g/mol. The maximum atomic E-state index is 13.9. The molecular weight excluding hydrogens is 331 g/mol. The number of aryl methyl sites for hydroxylation is 3. The summed E-state index contributed by atoms with van der Waals surface area (Å²) in [6.07, 6.45) is 2.53. The predicted molar refractivity (Wildman–Crippen MR) is 93.6 cm³/mol. The van der Waals surface area contributed by atoms with Crippen molar-refractivity contribution in [3.63, 3.8) is 0 Å². The molecule has 1 aliphatic rings.